The summed E-state index contributed by atoms with van der Waals surface area (Å²) in [6, 6.07) is 9.96. The Kier molecular flexibility index (Phi) is 6.60. The smallest absolute Gasteiger partial charge is 0.251 e. The van der Waals surface area contributed by atoms with Crippen molar-refractivity contribution in [3.8, 4) is 0 Å². The van der Waals surface area contributed by atoms with Crippen LogP contribution in [0.4, 0.5) is 0 Å². The van der Waals surface area contributed by atoms with E-state index in [4.69, 9.17) is 11.6 Å². The largest absolute Gasteiger partial charge is 0.768 e. The predicted molar refractivity (Wildman–Crippen MR) is 109 cm³/mol. The molecule has 1 aromatic heterocycles. The molecule has 0 bridgehead atoms. The summed E-state index contributed by atoms with van der Waals surface area (Å²) in [6.45, 7) is 4.45. The van der Waals surface area contributed by atoms with Gasteiger partial charge in [-0.25, -0.2) is 0 Å². The van der Waals surface area contributed by atoms with E-state index in [2.05, 4.69) is 34.8 Å². The number of likely N-dealkylation sites (N-methyl/N-ethyl adjacent to an activating group) is 1. The third-order valence-corrected chi connectivity index (χ3v) is 6.58. The first-order chi connectivity index (χ1) is 13.4. The number of hydrogen-bond donors (Lipinski definition) is 1. The molecule has 1 aliphatic rings. The number of nitrogens with one attached hydrogen (secondary N) is 1. The number of nitrogens with zero attached hydrogens (tertiary/aromatic N) is 2. The number of carbonyl (C=O) groups is 1. The van der Waals surface area contributed by atoms with Crippen LogP contribution >= 0.6 is 11.6 Å². The van der Waals surface area contributed by atoms with Crippen LogP contribution in [0.3, 0.4) is 0 Å². The molecule has 0 saturated carbocycles. The molecule has 28 heavy (non-hydrogen) atoms. The highest BCUT2D eigenvalue weighted by Crippen LogP contribution is 2.40. The zero-order chi connectivity index (χ0) is 20.3. The molecule has 6 nitrogen and oxygen atoms in total. The standard InChI is InChI=1S/C20H26ClN3O3S/c1-3-10-20(17-8-9-18(21)24(17)14-13-23(20)2)11-12-22-19(25)15-4-6-16(7-5-15)28(26)27/h4-9H,3,10-14H2,1-2H3,(H,22,25)(H,26,27)/p-1. The molecule has 3 rings (SSSR count). The summed E-state index contributed by atoms with van der Waals surface area (Å²) >= 11 is 4.07. The van der Waals surface area contributed by atoms with E-state index in [-0.39, 0.29) is 16.3 Å². The molecule has 0 spiro atoms. The minimum absolute atomic E-state index is 0.167. The highest BCUT2D eigenvalue weighted by molar-refractivity contribution is 7.79. The van der Waals surface area contributed by atoms with Gasteiger partial charge in [-0.05, 0) is 67.4 Å². The Bertz CT molecular complexity index is 868. The first-order valence-electron chi connectivity index (χ1n) is 9.43. The molecule has 1 N–H and O–H groups in total. The number of hydrogen-bond acceptors (Lipinski definition) is 4. The van der Waals surface area contributed by atoms with Gasteiger partial charge in [0.25, 0.3) is 5.91 Å². The summed E-state index contributed by atoms with van der Waals surface area (Å²) < 4.78 is 24.1. The first kappa shape index (κ1) is 21.0. The SMILES string of the molecule is CCCC1(CCNC(=O)c2ccc(S(=O)[O-])cc2)c2ccc(Cl)n2CCN1C. The summed E-state index contributed by atoms with van der Waals surface area (Å²) in [4.78, 5) is 15.0. The number of carbonyl (C=O) groups excluding carboxylic acids is 1. The van der Waals surface area contributed by atoms with Gasteiger partial charge < -0.3 is 14.4 Å². The second-order valence-electron chi connectivity index (χ2n) is 7.16. The monoisotopic (exact) mass is 422 g/mol. The minimum Gasteiger partial charge on any atom is -0.768 e. The van der Waals surface area contributed by atoms with Crippen molar-refractivity contribution < 1.29 is 13.6 Å². The Morgan fingerprint density at radius 3 is 2.57 bits per heavy atom. The Balaban J connectivity index is 1.72. The van der Waals surface area contributed by atoms with Crippen LogP contribution < -0.4 is 5.32 Å². The van der Waals surface area contributed by atoms with Gasteiger partial charge in [0.15, 0.2) is 0 Å². The third kappa shape index (κ3) is 4.03. The van der Waals surface area contributed by atoms with Crippen LogP contribution in [0, 0.1) is 0 Å². The molecule has 0 aliphatic carbocycles. The molecule has 2 heterocycles. The highest BCUT2D eigenvalue weighted by Gasteiger charge is 2.40. The number of amides is 1. The summed E-state index contributed by atoms with van der Waals surface area (Å²) in [5.74, 6) is -0.207. The molecule has 2 unspecified atom stereocenters. The lowest BCUT2D eigenvalue weighted by atomic mass is 9.83. The minimum atomic E-state index is -2.29. The molecule has 0 fully saturated rings. The lowest BCUT2D eigenvalue weighted by Crippen LogP contribution is -2.51. The maximum Gasteiger partial charge on any atom is 0.251 e. The van der Waals surface area contributed by atoms with Gasteiger partial charge in [0.05, 0.1) is 5.54 Å². The molecule has 1 amide bonds. The van der Waals surface area contributed by atoms with E-state index < -0.39 is 11.1 Å². The second kappa shape index (κ2) is 8.78. The fourth-order valence-corrected chi connectivity index (χ4v) is 4.71. The van der Waals surface area contributed by atoms with E-state index >= 15 is 0 Å². The average Bonchev–Trinajstić information content (AvgIpc) is 3.06. The number of halogens is 1. The van der Waals surface area contributed by atoms with Gasteiger partial charge in [0.2, 0.25) is 0 Å². The number of rotatable bonds is 7. The van der Waals surface area contributed by atoms with Gasteiger partial charge in [0, 0.05) is 35.8 Å². The van der Waals surface area contributed by atoms with Crippen molar-refractivity contribution in [2.24, 2.45) is 0 Å². The Hall–Kier alpha value is -1.67. The van der Waals surface area contributed by atoms with Crippen LogP contribution in [-0.4, -0.2) is 44.3 Å². The Morgan fingerprint density at radius 1 is 1.21 bits per heavy atom. The van der Waals surface area contributed by atoms with Gasteiger partial charge in [-0.15, -0.1) is 0 Å². The number of benzene rings is 1. The fourth-order valence-electron chi connectivity index (χ4n) is 4.11. The summed E-state index contributed by atoms with van der Waals surface area (Å²) in [7, 11) is 2.13. The van der Waals surface area contributed by atoms with Crippen LogP contribution in [0.25, 0.3) is 0 Å². The van der Waals surface area contributed by atoms with E-state index in [1.807, 2.05) is 6.07 Å². The van der Waals surface area contributed by atoms with Gasteiger partial charge in [-0.3, -0.25) is 13.9 Å². The molecule has 2 aromatic rings. The van der Waals surface area contributed by atoms with Crippen LogP contribution in [-0.2, 0) is 23.2 Å². The first-order valence-corrected chi connectivity index (χ1v) is 10.9. The molecule has 1 aromatic carbocycles. The highest BCUT2D eigenvalue weighted by atomic mass is 35.5. The van der Waals surface area contributed by atoms with E-state index in [1.165, 1.54) is 30.0 Å². The molecule has 0 saturated heterocycles. The predicted octanol–water partition coefficient (Wildman–Crippen LogP) is 3.14. The van der Waals surface area contributed by atoms with Crippen LogP contribution in [0.15, 0.2) is 41.3 Å². The lowest BCUT2D eigenvalue weighted by molar-refractivity contribution is 0.0594. The van der Waals surface area contributed by atoms with E-state index in [0.29, 0.717) is 12.1 Å². The normalized spacial score (nSPS) is 20.6. The molecular weight excluding hydrogens is 398 g/mol. The van der Waals surface area contributed by atoms with Gasteiger partial charge in [-0.1, -0.05) is 24.9 Å². The quantitative estimate of drug-likeness (QED) is 0.695. The number of aromatic nitrogens is 1. The van der Waals surface area contributed by atoms with Crippen molar-refractivity contribution in [3.63, 3.8) is 0 Å². The fraction of sp³-hybridized carbons (Fsp3) is 0.450. The maximum absolute atomic E-state index is 12.5. The van der Waals surface area contributed by atoms with Crippen LogP contribution in [0.5, 0.6) is 0 Å². The summed E-state index contributed by atoms with van der Waals surface area (Å²) in [6.07, 6.45) is 2.77. The summed E-state index contributed by atoms with van der Waals surface area (Å²) in [5, 5.41) is 3.73. The Labute approximate surface area is 173 Å². The lowest BCUT2D eigenvalue weighted by Gasteiger charge is -2.46. The summed E-state index contributed by atoms with van der Waals surface area (Å²) in [5.41, 5.74) is 1.48. The van der Waals surface area contributed by atoms with E-state index in [9.17, 15) is 13.6 Å². The molecule has 152 valence electrons. The molecular formula is C20H25ClN3O3S-. The van der Waals surface area contributed by atoms with Crippen molar-refractivity contribution in [3.05, 3.63) is 52.8 Å². The van der Waals surface area contributed by atoms with Crippen molar-refractivity contribution in [1.29, 1.82) is 0 Å². The van der Waals surface area contributed by atoms with Gasteiger partial charge in [0.1, 0.15) is 5.15 Å². The van der Waals surface area contributed by atoms with Gasteiger partial charge >= 0.3 is 0 Å². The molecule has 1 aliphatic heterocycles. The van der Waals surface area contributed by atoms with Gasteiger partial charge in [-0.2, -0.15) is 0 Å². The van der Waals surface area contributed by atoms with E-state index in [0.717, 1.165) is 37.5 Å². The van der Waals surface area contributed by atoms with Crippen molar-refractivity contribution in [1.82, 2.24) is 14.8 Å². The van der Waals surface area contributed by atoms with E-state index in [1.54, 1.807) is 0 Å². The molecule has 8 heteroatoms. The van der Waals surface area contributed by atoms with Crippen molar-refractivity contribution in [2.45, 2.75) is 43.2 Å². The topological polar surface area (TPSA) is 77.4 Å². The van der Waals surface area contributed by atoms with Crippen LogP contribution in [0.2, 0.25) is 5.15 Å². The average molecular weight is 423 g/mol. The zero-order valence-electron chi connectivity index (χ0n) is 16.1. The molecule has 2 atom stereocenters. The maximum atomic E-state index is 12.5. The number of fused-ring (bicyclic) bond motifs is 1. The third-order valence-electron chi connectivity index (χ3n) is 5.59. The molecule has 0 radical (unpaired) electrons. The Morgan fingerprint density at radius 2 is 1.93 bits per heavy atom. The van der Waals surface area contributed by atoms with Crippen molar-refractivity contribution >= 4 is 28.6 Å². The van der Waals surface area contributed by atoms with Crippen LogP contribution in [0.1, 0.15) is 42.2 Å². The second-order valence-corrected chi connectivity index (χ2v) is 8.49. The zero-order valence-corrected chi connectivity index (χ0v) is 17.7. The van der Waals surface area contributed by atoms with Crippen molar-refractivity contribution in [2.75, 3.05) is 20.1 Å².